The smallest absolute Gasteiger partial charge is 0.358 e. The number of nitro groups is 1. The van der Waals surface area contributed by atoms with E-state index in [0.717, 1.165) is 128 Å². The number of aryl methyl sites for hydroxylation is 10. The van der Waals surface area contributed by atoms with Gasteiger partial charge >= 0.3 is 22.8 Å². The number of hydrogen-bond acceptors (Lipinski definition) is 21. The lowest BCUT2D eigenvalue weighted by molar-refractivity contribution is -0.387. The van der Waals surface area contributed by atoms with Crippen molar-refractivity contribution in [3.63, 3.8) is 0 Å². The molecule has 0 radical (unpaired) electrons. The van der Waals surface area contributed by atoms with Crippen LogP contribution in [0.25, 0.3) is 44.7 Å². The number of H-pyrrole nitrogens is 3. The number of alkyl halides is 1. The van der Waals surface area contributed by atoms with Crippen molar-refractivity contribution in [3.8, 4) is 22.9 Å². The van der Waals surface area contributed by atoms with E-state index in [0.29, 0.717) is 54.4 Å². The van der Waals surface area contributed by atoms with Crippen molar-refractivity contribution in [3.05, 3.63) is 323 Å². The highest BCUT2D eigenvalue weighted by atomic mass is 36.0. The maximum Gasteiger partial charge on any atom is 0.358 e. The summed E-state index contributed by atoms with van der Waals surface area (Å²) in [6, 6.07) is 58.0. The molecule has 0 saturated heterocycles. The van der Waals surface area contributed by atoms with Crippen LogP contribution in [0.1, 0.15) is 121 Å². The Morgan fingerprint density at radius 3 is 1.54 bits per heavy atom. The van der Waals surface area contributed by atoms with Gasteiger partial charge in [-0.3, -0.25) is 47.5 Å². The number of fused-ring (bicyclic) bond motifs is 12. The number of carboxylic acid groups (broad SMARTS) is 1. The molecule has 30 nitrogen and oxygen atoms in total. The molecule has 8 aromatic carbocycles. The highest BCUT2D eigenvalue weighted by Crippen LogP contribution is 2.61. The number of nitrogens with two attached hydrogens (primary N) is 3. The molecule has 0 bridgehead atoms. The summed E-state index contributed by atoms with van der Waals surface area (Å²) in [4.78, 5) is 86.5. The second-order valence-electron chi connectivity index (χ2n) is 28.1. The lowest BCUT2D eigenvalue weighted by atomic mass is 10.1. The predicted octanol–water partition coefficient (Wildman–Crippen LogP) is 18.6. The number of benzene rings is 8. The molecule has 17 rings (SSSR count). The van der Waals surface area contributed by atoms with Crippen molar-refractivity contribution in [1.82, 2.24) is 63.1 Å². The molecule has 2 unspecified atom stereocenters. The molecule has 2 aliphatic rings. The van der Waals surface area contributed by atoms with Crippen molar-refractivity contribution in [2.45, 2.75) is 102 Å². The molecule has 125 heavy (non-hydrogen) atoms. The van der Waals surface area contributed by atoms with Crippen LogP contribution in [-0.2, 0) is 9.30 Å². The molecule has 0 saturated carbocycles. The van der Waals surface area contributed by atoms with Crippen molar-refractivity contribution in [2.75, 3.05) is 61.4 Å². The minimum Gasteiger partial charge on any atom is -0.476 e. The molecular formula is C89H102Cl4FN20O10P. The number of rotatable bonds is 13. The van der Waals surface area contributed by atoms with Crippen LogP contribution in [0.15, 0.2) is 216 Å². The zero-order valence-corrected chi connectivity index (χ0v) is 75.3. The topological polar surface area (TPSA) is 415 Å². The number of esters is 1. The van der Waals surface area contributed by atoms with E-state index in [1.54, 1.807) is 44.4 Å². The van der Waals surface area contributed by atoms with Crippen LogP contribution < -0.4 is 53.9 Å². The number of carbonyl (C=O) groups is 2. The van der Waals surface area contributed by atoms with Crippen LogP contribution in [0.2, 0.25) is 0 Å². The number of nitro benzene ring substituents is 1. The number of aromatic amines is 3. The Morgan fingerprint density at radius 1 is 0.592 bits per heavy atom. The summed E-state index contributed by atoms with van der Waals surface area (Å²) in [5, 5.41) is 26.1. The first kappa shape index (κ1) is 97.9. The molecule has 0 aliphatic carbocycles. The number of carboxylic acids is 1. The summed E-state index contributed by atoms with van der Waals surface area (Å²) in [5.74, 6) is 1.30. The number of ether oxygens (including phenoxy) is 2. The van der Waals surface area contributed by atoms with E-state index in [2.05, 4.69) is 199 Å². The van der Waals surface area contributed by atoms with E-state index >= 15 is 0 Å². The number of carbonyl (C=O) groups excluding carboxylic acids is 1. The SMILES string of the molecule is CCN(CC)c1ccccc1.CCOC(=O)c1nc[nH]c1C.Cc1ccc([N+](=O)[O-])c(F)c1.Cc1ccc2[nH]c(=O)c3nc(C(=O)O)c(C)n3c2c1.Cc1ccc2[nH]c(=O)c3ncc(C)n3c2c1.Cc1ccc2c(c1)-n1c(C)cnc1C(Cl)N2.Cc1ccc2c(c1)-n1c(C)cnc1C(NCCN)N2.NCCN.O=P(Cl)(Cl)Cl.c1ccc(Oc2ccccc2)cc1. The monoisotopic (exact) mass is 1800 g/mol. The van der Waals surface area contributed by atoms with Gasteiger partial charge in [-0.15, -0.1) is 0 Å². The molecule has 36 heteroatoms. The fourth-order valence-electron chi connectivity index (χ4n) is 12.7. The van der Waals surface area contributed by atoms with E-state index in [-0.39, 0.29) is 34.5 Å². The number of halogens is 5. The Kier molecular flexibility index (Phi) is 36.6. The van der Waals surface area contributed by atoms with Gasteiger partial charge in [-0.2, -0.15) is 4.39 Å². The van der Waals surface area contributed by atoms with E-state index in [4.69, 9.17) is 43.4 Å². The number of nitrogens with one attached hydrogen (secondary N) is 6. The Balaban J connectivity index is 0.000000176. The molecule has 0 amide bonds. The van der Waals surface area contributed by atoms with Gasteiger partial charge in [-0.05, 0) is 243 Å². The lowest BCUT2D eigenvalue weighted by Gasteiger charge is -2.29. The van der Waals surface area contributed by atoms with Gasteiger partial charge in [0.25, 0.3) is 11.1 Å². The van der Waals surface area contributed by atoms with E-state index in [9.17, 15) is 38.2 Å². The average molecular weight is 1800 g/mol. The highest BCUT2D eigenvalue weighted by Gasteiger charge is 2.28. The Morgan fingerprint density at radius 2 is 1.06 bits per heavy atom. The number of anilines is 3. The summed E-state index contributed by atoms with van der Waals surface area (Å²) in [6.45, 7) is 30.5. The van der Waals surface area contributed by atoms with Crippen molar-refractivity contribution in [1.29, 1.82) is 0 Å². The molecule has 0 fully saturated rings. The second-order valence-corrected chi connectivity index (χ2v) is 35.2. The maximum absolute atomic E-state index is 12.7. The molecule has 13 N–H and O–H groups in total. The third-order valence-electron chi connectivity index (χ3n) is 18.6. The van der Waals surface area contributed by atoms with Crippen LogP contribution in [0.5, 0.6) is 11.5 Å². The summed E-state index contributed by atoms with van der Waals surface area (Å²) >= 11 is 20.1. The highest BCUT2D eigenvalue weighted by molar-refractivity contribution is 8.24. The Hall–Kier alpha value is -12.6. The molecule has 2 aliphatic heterocycles. The van der Waals surface area contributed by atoms with Gasteiger partial charge in [0.15, 0.2) is 28.5 Å². The normalized spacial score (nSPS) is 12.2. The van der Waals surface area contributed by atoms with Gasteiger partial charge in [0, 0.05) is 92.4 Å². The van der Waals surface area contributed by atoms with Crippen LogP contribution in [0.4, 0.5) is 27.1 Å². The molecule has 7 aromatic heterocycles. The molecule has 9 heterocycles. The van der Waals surface area contributed by atoms with Gasteiger partial charge < -0.3 is 62.3 Å². The van der Waals surface area contributed by atoms with Crippen LogP contribution in [0, 0.1) is 85.2 Å². The number of aromatic nitrogens is 12. The fourth-order valence-corrected chi connectivity index (χ4v) is 13.0. The van der Waals surface area contributed by atoms with Gasteiger partial charge in [0.1, 0.15) is 17.7 Å². The van der Waals surface area contributed by atoms with Gasteiger partial charge in [0.05, 0.1) is 68.4 Å². The number of hydrogen-bond donors (Lipinski definition) is 10. The largest absolute Gasteiger partial charge is 0.476 e. The third-order valence-corrected chi connectivity index (χ3v) is 18.9. The van der Waals surface area contributed by atoms with Gasteiger partial charge in [-0.1, -0.05) is 96.5 Å². The molecule has 2 atom stereocenters. The van der Waals surface area contributed by atoms with E-state index in [1.807, 2.05) is 142 Å². The van der Waals surface area contributed by atoms with Gasteiger partial charge in [0.2, 0.25) is 17.1 Å². The number of nitrogens with zero attached hydrogens (tertiary/aromatic N) is 11. The zero-order chi connectivity index (χ0) is 91.4. The molecule has 15 aromatic rings. The minimum absolute atomic E-state index is 0.00690. The maximum atomic E-state index is 12.7. The molecule has 0 spiro atoms. The molecular weight excluding hydrogens is 1700 g/mol. The molecule has 658 valence electrons. The predicted molar refractivity (Wildman–Crippen MR) is 498 cm³/mol. The van der Waals surface area contributed by atoms with Gasteiger partial charge in [-0.25, -0.2) is 34.5 Å². The Labute approximate surface area is 741 Å². The summed E-state index contributed by atoms with van der Waals surface area (Å²) in [7, 11) is 0. The number of aromatic carboxylic acids is 1. The summed E-state index contributed by atoms with van der Waals surface area (Å²) in [6.07, 6.45) is 6.95. The van der Waals surface area contributed by atoms with Crippen molar-refractivity contribution in [2.24, 2.45) is 17.2 Å². The van der Waals surface area contributed by atoms with E-state index < -0.39 is 33.2 Å². The minimum atomic E-state index is -3.22. The van der Waals surface area contributed by atoms with Crippen LogP contribution in [-0.4, -0.2) is 126 Å². The number of para-hydroxylation sites is 3. The zero-order valence-electron chi connectivity index (χ0n) is 71.3. The average Bonchev–Trinajstić information content (AvgIpc) is 1.69. The second kappa shape index (κ2) is 46.8. The quantitative estimate of drug-likeness (QED) is 0.0128. The fraction of sp³-hybridized carbons (Fsp3) is 0.247. The third kappa shape index (κ3) is 27.2. The number of imidazole rings is 5. The lowest BCUT2D eigenvalue weighted by Crippen LogP contribution is -2.36. The van der Waals surface area contributed by atoms with Crippen molar-refractivity contribution >= 4 is 119 Å². The van der Waals surface area contributed by atoms with Crippen LogP contribution in [0.3, 0.4) is 0 Å². The first-order valence-corrected chi connectivity index (χ1v) is 44.4. The summed E-state index contributed by atoms with van der Waals surface area (Å²) < 4.78 is 40.3. The van der Waals surface area contributed by atoms with Crippen molar-refractivity contribution < 1.29 is 38.0 Å². The van der Waals surface area contributed by atoms with E-state index in [1.165, 1.54) is 29.2 Å². The standard InChI is InChI=1S/C14H19N5.C13H11N3O3.C12H12ClN3.C12H11N3O.C12H10O.C10H15N.C7H6FNO2.C7H10N2O2.C2H8N2.Cl3OP/c1-9-3-4-11-12(7-9)19-10(2)8-17-14(19)13(18-11)16-6-5-15;1-6-3-4-8-9(5-6)16-7(2)10(13(18)19)15-11(16)12(17)14-8;1-7-3-4-9-10(5-7)16-8(2)6-14-12(16)11(13)15-9;1-7-3-4-9-10(5-7)15-8(2)6-13-11(15)12(16)14-9;1-3-7-11(8-4-1)13-12-9-5-2-6-10-12;1-3-11(4-2)10-8-6-5-7-9-10;1-5-2-3-7(9(10)11)6(8)4-5;1-3-11-7(10)6-5(2)8-4-9-6;3-1-2-4;1-5(2,3)4/h3-4,7-8,13,16,18H,5-6,15H2,1-2H3;3-5H,1-2H3,(H,14,17)(H,18,19);3-6,11,15H,1-2H3;3-6H,1-2H3,(H,14,16);1-10H;5-9H,3-4H2,1-2H3;2-4H,1H3;4H,3H2,1-2H3,(H,8,9);1-4H2;. The Bertz CT molecular complexity index is 6250. The first-order chi connectivity index (χ1) is 59.6. The summed E-state index contributed by atoms with van der Waals surface area (Å²) in [5.41, 5.74) is 33.7. The van der Waals surface area contributed by atoms with Crippen LogP contribution >= 0.6 is 50.5 Å². The first-order valence-electron chi connectivity index (χ1n) is 39.5.